The number of thiazole rings is 1. The normalized spacial score (nSPS) is 11.2. The monoisotopic (exact) mass is 323 g/mol. The van der Waals surface area contributed by atoms with Crippen molar-refractivity contribution in [2.24, 2.45) is 0 Å². The van der Waals surface area contributed by atoms with Gasteiger partial charge in [0.25, 0.3) is 0 Å². The van der Waals surface area contributed by atoms with E-state index in [-0.39, 0.29) is 12.6 Å². The lowest BCUT2D eigenvalue weighted by Gasteiger charge is -2.02. The molecule has 0 bridgehead atoms. The minimum atomic E-state index is -0.344. The largest absolute Gasteiger partial charge is 0.457 e. The van der Waals surface area contributed by atoms with Crippen molar-refractivity contribution in [3.05, 3.63) is 69.7 Å². The van der Waals surface area contributed by atoms with Gasteiger partial charge < -0.3 is 4.74 Å². The molecule has 0 saturated heterocycles. The van der Waals surface area contributed by atoms with Gasteiger partial charge in [-0.25, -0.2) is 9.78 Å². The van der Waals surface area contributed by atoms with Crippen LogP contribution in [0.2, 0.25) is 0 Å². The molecule has 3 nitrogen and oxygen atoms in total. The summed E-state index contributed by atoms with van der Waals surface area (Å²) in [7, 11) is 0. The van der Waals surface area contributed by atoms with Gasteiger partial charge in [0, 0.05) is 6.08 Å². The van der Waals surface area contributed by atoms with Crippen molar-refractivity contribution in [3.63, 3.8) is 0 Å². The van der Waals surface area contributed by atoms with Gasteiger partial charge in [-0.05, 0) is 36.3 Å². The number of hydrogen-bond acceptors (Lipinski definition) is 4. The Labute approximate surface area is 139 Å². The highest BCUT2D eigenvalue weighted by Crippen LogP contribution is 2.20. The quantitative estimate of drug-likeness (QED) is 0.517. The maximum atomic E-state index is 11.9. The molecular formula is C19H17NO2S. The van der Waals surface area contributed by atoms with E-state index in [0.29, 0.717) is 0 Å². The molecule has 3 rings (SSSR count). The molecule has 2 aromatic carbocycles. The number of rotatable bonds is 4. The standard InChI is InChI=1S/C19H17NO2S/c1-13-18(23-14(2)20-13)12-22-19(21)11-10-16-8-5-7-15-6-3-4-9-17(15)16/h3-11H,12H2,1-2H3/b11-10+. The van der Waals surface area contributed by atoms with Gasteiger partial charge in [-0.2, -0.15) is 0 Å². The van der Waals surface area contributed by atoms with Gasteiger partial charge in [-0.3, -0.25) is 0 Å². The molecular weight excluding hydrogens is 306 g/mol. The number of carbonyl (C=O) groups is 1. The number of fused-ring (bicyclic) bond motifs is 1. The molecule has 0 radical (unpaired) electrons. The number of hydrogen-bond donors (Lipinski definition) is 0. The van der Waals surface area contributed by atoms with Gasteiger partial charge >= 0.3 is 5.97 Å². The summed E-state index contributed by atoms with van der Waals surface area (Å²) in [5.74, 6) is -0.344. The van der Waals surface area contributed by atoms with Gasteiger partial charge in [-0.15, -0.1) is 11.3 Å². The van der Waals surface area contributed by atoms with E-state index in [9.17, 15) is 4.79 Å². The zero-order chi connectivity index (χ0) is 16.2. The number of aromatic nitrogens is 1. The maximum absolute atomic E-state index is 11.9. The molecule has 0 saturated carbocycles. The first-order valence-electron chi connectivity index (χ1n) is 7.39. The van der Waals surface area contributed by atoms with Crippen LogP contribution in [0.15, 0.2) is 48.5 Å². The lowest BCUT2D eigenvalue weighted by molar-refractivity contribution is -0.138. The van der Waals surface area contributed by atoms with Crippen molar-refractivity contribution in [1.82, 2.24) is 4.98 Å². The van der Waals surface area contributed by atoms with E-state index in [2.05, 4.69) is 17.1 Å². The van der Waals surface area contributed by atoms with E-state index in [4.69, 9.17) is 4.74 Å². The molecule has 1 aromatic heterocycles. The lowest BCUT2D eigenvalue weighted by Crippen LogP contribution is -2.00. The first-order chi connectivity index (χ1) is 11.1. The average molecular weight is 323 g/mol. The zero-order valence-electron chi connectivity index (χ0n) is 13.1. The van der Waals surface area contributed by atoms with Crippen molar-refractivity contribution in [3.8, 4) is 0 Å². The second-order valence-electron chi connectivity index (χ2n) is 5.25. The number of nitrogens with zero attached hydrogens (tertiary/aromatic N) is 1. The lowest BCUT2D eigenvalue weighted by atomic mass is 10.0. The van der Waals surface area contributed by atoms with Gasteiger partial charge in [-0.1, -0.05) is 42.5 Å². The van der Waals surface area contributed by atoms with E-state index in [0.717, 1.165) is 31.9 Å². The molecule has 0 atom stereocenters. The van der Waals surface area contributed by atoms with Crippen LogP contribution >= 0.6 is 11.3 Å². The van der Waals surface area contributed by atoms with Crippen LogP contribution in [0.1, 0.15) is 21.1 Å². The number of ether oxygens (including phenoxy) is 1. The smallest absolute Gasteiger partial charge is 0.331 e. The molecule has 3 aromatic rings. The van der Waals surface area contributed by atoms with E-state index in [1.807, 2.05) is 44.2 Å². The van der Waals surface area contributed by atoms with Crippen LogP contribution in [0.5, 0.6) is 0 Å². The number of esters is 1. The fraction of sp³-hybridized carbons (Fsp3) is 0.158. The van der Waals surface area contributed by atoms with Gasteiger partial charge in [0.1, 0.15) is 6.61 Å². The van der Waals surface area contributed by atoms with E-state index >= 15 is 0 Å². The molecule has 0 amide bonds. The Kier molecular flexibility index (Phi) is 4.53. The van der Waals surface area contributed by atoms with Crippen LogP contribution in [0.3, 0.4) is 0 Å². The first-order valence-corrected chi connectivity index (χ1v) is 8.20. The summed E-state index contributed by atoms with van der Waals surface area (Å²) in [6, 6.07) is 14.1. The van der Waals surface area contributed by atoms with Crippen molar-refractivity contribution in [2.45, 2.75) is 20.5 Å². The molecule has 116 valence electrons. The molecule has 23 heavy (non-hydrogen) atoms. The molecule has 0 spiro atoms. The van der Waals surface area contributed by atoms with Crippen molar-refractivity contribution in [1.29, 1.82) is 0 Å². The Bertz CT molecular complexity index is 875. The van der Waals surface area contributed by atoms with Crippen molar-refractivity contribution in [2.75, 3.05) is 0 Å². The Morgan fingerprint density at radius 1 is 1.17 bits per heavy atom. The molecule has 0 aliphatic carbocycles. The Morgan fingerprint density at radius 3 is 2.74 bits per heavy atom. The summed E-state index contributed by atoms with van der Waals surface area (Å²) >= 11 is 1.56. The predicted octanol–water partition coefficient (Wildman–Crippen LogP) is 4.67. The Balaban J connectivity index is 1.69. The van der Waals surface area contributed by atoms with Crippen LogP contribution in [0.25, 0.3) is 16.8 Å². The van der Waals surface area contributed by atoms with Crippen LogP contribution in [-0.4, -0.2) is 11.0 Å². The third-order valence-corrected chi connectivity index (χ3v) is 4.61. The highest BCUT2D eigenvalue weighted by molar-refractivity contribution is 7.11. The van der Waals surface area contributed by atoms with E-state index in [1.54, 1.807) is 17.4 Å². The zero-order valence-corrected chi connectivity index (χ0v) is 13.9. The minimum absolute atomic E-state index is 0.274. The highest BCUT2D eigenvalue weighted by Gasteiger charge is 2.07. The number of benzene rings is 2. The number of carbonyl (C=O) groups excluding carboxylic acids is 1. The summed E-state index contributed by atoms with van der Waals surface area (Å²) < 4.78 is 5.30. The van der Waals surface area contributed by atoms with Crippen LogP contribution in [0.4, 0.5) is 0 Å². The fourth-order valence-electron chi connectivity index (χ4n) is 2.45. The molecule has 0 fully saturated rings. The molecule has 0 unspecified atom stereocenters. The SMILES string of the molecule is Cc1nc(C)c(COC(=O)/C=C/c2cccc3ccccc23)s1. The third-order valence-electron chi connectivity index (χ3n) is 3.57. The second-order valence-corrected chi connectivity index (χ2v) is 6.54. The van der Waals surface area contributed by atoms with Gasteiger partial charge in [0.2, 0.25) is 0 Å². The molecule has 0 aliphatic heterocycles. The first kappa shape index (κ1) is 15.4. The van der Waals surface area contributed by atoms with Gasteiger partial charge in [0.15, 0.2) is 0 Å². The Morgan fingerprint density at radius 2 is 1.96 bits per heavy atom. The Hall–Kier alpha value is -2.46. The summed E-state index contributed by atoms with van der Waals surface area (Å²) in [6.07, 6.45) is 3.28. The van der Waals surface area contributed by atoms with Gasteiger partial charge in [0.05, 0.1) is 15.6 Å². The summed E-state index contributed by atoms with van der Waals surface area (Å²) in [4.78, 5) is 17.2. The van der Waals surface area contributed by atoms with Crippen molar-refractivity contribution < 1.29 is 9.53 Å². The summed E-state index contributed by atoms with van der Waals surface area (Å²) in [6.45, 7) is 4.15. The van der Waals surface area contributed by atoms with E-state index < -0.39 is 0 Å². The summed E-state index contributed by atoms with van der Waals surface area (Å²) in [5.41, 5.74) is 1.93. The number of aryl methyl sites for hydroxylation is 2. The summed E-state index contributed by atoms with van der Waals surface area (Å²) in [5, 5.41) is 3.26. The average Bonchev–Trinajstić information content (AvgIpc) is 2.88. The minimum Gasteiger partial charge on any atom is -0.457 e. The highest BCUT2D eigenvalue weighted by atomic mass is 32.1. The molecule has 0 N–H and O–H groups in total. The van der Waals surface area contributed by atoms with E-state index in [1.165, 1.54) is 6.08 Å². The van der Waals surface area contributed by atoms with Crippen LogP contribution < -0.4 is 0 Å². The maximum Gasteiger partial charge on any atom is 0.331 e. The van der Waals surface area contributed by atoms with Crippen LogP contribution in [0, 0.1) is 13.8 Å². The molecule has 0 aliphatic rings. The fourth-order valence-corrected chi connectivity index (χ4v) is 3.30. The predicted molar refractivity (Wildman–Crippen MR) is 94.4 cm³/mol. The second kappa shape index (κ2) is 6.75. The molecule has 1 heterocycles. The third kappa shape index (κ3) is 3.66. The van der Waals surface area contributed by atoms with Crippen molar-refractivity contribution >= 4 is 34.2 Å². The van der Waals surface area contributed by atoms with Crippen LogP contribution in [-0.2, 0) is 16.1 Å². The molecule has 4 heteroatoms. The topological polar surface area (TPSA) is 39.2 Å².